The van der Waals surface area contributed by atoms with Gasteiger partial charge in [0.05, 0.1) is 0 Å². The first kappa shape index (κ1) is 13.6. The Kier molecular flexibility index (Phi) is 4.81. The smallest absolute Gasteiger partial charge is 0.0408 e. The second kappa shape index (κ2) is 6.37. The molecule has 2 rings (SSSR count). The van der Waals surface area contributed by atoms with Gasteiger partial charge in [-0.3, -0.25) is 0 Å². The Balaban J connectivity index is 1.92. The van der Waals surface area contributed by atoms with E-state index in [1.165, 1.54) is 16.7 Å². The van der Waals surface area contributed by atoms with Crippen LogP contribution in [0.15, 0.2) is 46.9 Å². The molecule has 18 heavy (non-hydrogen) atoms. The third-order valence-corrected chi connectivity index (χ3v) is 3.57. The summed E-state index contributed by atoms with van der Waals surface area (Å²) in [5, 5.41) is 4.24. The van der Waals surface area contributed by atoms with Crippen LogP contribution in [-0.2, 0) is 13.1 Å². The maximum absolute atomic E-state index is 5.94. The fraction of sp³-hybridized carbons (Fsp3) is 0.200. The fourth-order valence-corrected chi connectivity index (χ4v) is 2.52. The molecule has 3 heteroatoms. The highest BCUT2D eigenvalue weighted by Crippen LogP contribution is 2.15. The van der Waals surface area contributed by atoms with Crippen molar-refractivity contribution in [1.29, 1.82) is 0 Å². The Labute approximate surface area is 121 Å². The van der Waals surface area contributed by atoms with E-state index in [1.807, 2.05) is 18.2 Å². The van der Waals surface area contributed by atoms with Crippen molar-refractivity contribution in [2.24, 2.45) is 0 Å². The number of hydrogen-bond donors (Lipinski definition) is 1. The average Bonchev–Trinajstić information content (AvgIpc) is 2.32. The van der Waals surface area contributed by atoms with Crippen molar-refractivity contribution >= 4 is 27.5 Å². The van der Waals surface area contributed by atoms with E-state index in [4.69, 9.17) is 11.6 Å². The number of halogens is 2. The van der Waals surface area contributed by atoms with Crippen LogP contribution in [0.25, 0.3) is 0 Å². The zero-order valence-electron chi connectivity index (χ0n) is 10.2. The Morgan fingerprint density at radius 1 is 1.11 bits per heavy atom. The number of aryl methyl sites for hydroxylation is 1. The molecule has 0 aliphatic rings. The Morgan fingerprint density at radius 2 is 1.94 bits per heavy atom. The molecule has 0 unspecified atom stereocenters. The van der Waals surface area contributed by atoms with E-state index >= 15 is 0 Å². The van der Waals surface area contributed by atoms with Crippen LogP contribution >= 0.6 is 27.5 Å². The molecule has 1 nitrogen and oxygen atoms in total. The zero-order valence-corrected chi connectivity index (χ0v) is 12.6. The lowest BCUT2D eigenvalue weighted by atomic mass is 10.1. The summed E-state index contributed by atoms with van der Waals surface area (Å²) in [6.07, 6.45) is 0. The van der Waals surface area contributed by atoms with Crippen molar-refractivity contribution in [3.63, 3.8) is 0 Å². The molecule has 2 aromatic carbocycles. The van der Waals surface area contributed by atoms with E-state index in [0.717, 1.165) is 22.6 Å². The summed E-state index contributed by atoms with van der Waals surface area (Å²) in [5.74, 6) is 0. The lowest BCUT2D eigenvalue weighted by molar-refractivity contribution is 0.690. The van der Waals surface area contributed by atoms with E-state index in [1.54, 1.807) is 0 Å². The lowest BCUT2D eigenvalue weighted by Gasteiger charge is -2.08. The normalized spacial score (nSPS) is 10.6. The van der Waals surface area contributed by atoms with Crippen LogP contribution in [-0.4, -0.2) is 0 Å². The van der Waals surface area contributed by atoms with E-state index in [0.29, 0.717) is 0 Å². The second-order valence-corrected chi connectivity index (χ2v) is 5.66. The van der Waals surface area contributed by atoms with Gasteiger partial charge in [-0.25, -0.2) is 0 Å². The summed E-state index contributed by atoms with van der Waals surface area (Å²) in [4.78, 5) is 0. The monoisotopic (exact) mass is 323 g/mol. The Bertz CT molecular complexity index is 540. The van der Waals surface area contributed by atoms with Crippen LogP contribution in [0.2, 0.25) is 5.02 Å². The number of hydrogen-bond acceptors (Lipinski definition) is 1. The van der Waals surface area contributed by atoms with Crippen molar-refractivity contribution in [2.45, 2.75) is 20.0 Å². The third-order valence-electron chi connectivity index (χ3n) is 2.84. The molecule has 94 valence electrons. The van der Waals surface area contributed by atoms with Gasteiger partial charge in [0, 0.05) is 22.6 Å². The van der Waals surface area contributed by atoms with Crippen LogP contribution in [0.4, 0.5) is 0 Å². The highest BCUT2D eigenvalue weighted by molar-refractivity contribution is 9.10. The largest absolute Gasteiger partial charge is 0.309 e. The van der Waals surface area contributed by atoms with Gasteiger partial charge >= 0.3 is 0 Å². The Morgan fingerprint density at radius 3 is 2.67 bits per heavy atom. The molecule has 2 aromatic rings. The predicted molar refractivity (Wildman–Crippen MR) is 80.9 cm³/mol. The van der Waals surface area contributed by atoms with Crippen LogP contribution in [0.5, 0.6) is 0 Å². The Hall–Kier alpha value is -0.830. The quantitative estimate of drug-likeness (QED) is 0.859. The molecule has 0 heterocycles. The average molecular weight is 325 g/mol. The molecular formula is C15H15BrClN. The minimum Gasteiger partial charge on any atom is -0.309 e. The van der Waals surface area contributed by atoms with Crippen LogP contribution < -0.4 is 5.32 Å². The summed E-state index contributed by atoms with van der Waals surface area (Å²) in [6, 6.07) is 14.3. The van der Waals surface area contributed by atoms with Gasteiger partial charge in [-0.1, -0.05) is 45.7 Å². The van der Waals surface area contributed by atoms with Crippen molar-refractivity contribution in [1.82, 2.24) is 5.32 Å². The fourth-order valence-electron chi connectivity index (χ4n) is 1.85. The van der Waals surface area contributed by atoms with Gasteiger partial charge in [0.15, 0.2) is 0 Å². The molecule has 0 amide bonds. The molecule has 1 N–H and O–H groups in total. The van der Waals surface area contributed by atoms with E-state index in [9.17, 15) is 0 Å². The standard InChI is InChI=1S/C15H15BrClN/c1-11-7-15(17)6-5-13(11)10-18-9-12-3-2-4-14(16)8-12/h2-8,18H,9-10H2,1H3. The molecular weight excluding hydrogens is 310 g/mol. The van der Waals surface area contributed by atoms with E-state index < -0.39 is 0 Å². The summed E-state index contributed by atoms with van der Waals surface area (Å²) >= 11 is 9.41. The van der Waals surface area contributed by atoms with Crippen LogP contribution in [0, 0.1) is 6.92 Å². The maximum Gasteiger partial charge on any atom is 0.0408 e. The van der Waals surface area contributed by atoms with Gasteiger partial charge in [-0.2, -0.15) is 0 Å². The van der Waals surface area contributed by atoms with Gasteiger partial charge in [0.2, 0.25) is 0 Å². The van der Waals surface area contributed by atoms with E-state index in [-0.39, 0.29) is 0 Å². The third kappa shape index (κ3) is 3.84. The van der Waals surface area contributed by atoms with Crippen LogP contribution in [0.3, 0.4) is 0 Å². The van der Waals surface area contributed by atoms with Gasteiger partial charge in [0.25, 0.3) is 0 Å². The summed E-state index contributed by atoms with van der Waals surface area (Å²) in [7, 11) is 0. The zero-order chi connectivity index (χ0) is 13.0. The predicted octanol–water partition coefficient (Wildman–Crippen LogP) is 4.70. The molecule has 0 aliphatic carbocycles. The minimum absolute atomic E-state index is 0.795. The minimum atomic E-state index is 0.795. The molecule has 0 saturated heterocycles. The van der Waals surface area contributed by atoms with Gasteiger partial charge in [-0.05, 0) is 47.9 Å². The van der Waals surface area contributed by atoms with Crippen molar-refractivity contribution in [3.8, 4) is 0 Å². The van der Waals surface area contributed by atoms with Crippen molar-refractivity contribution in [3.05, 3.63) is 68.7 Å². The molecule has 0 bridgehead atoms. The van der Waals surface area contributed by atoms with Crippen molar-refractivity contribution < 1.29 is 0 Å². The lowest BCUT2D eigenvalue weighted by Crippen LogP contribution is -2.13. The highest BCUT2D eigenvalue weighted by Gasteiger charge is 1.99. The molecule has 0 saturated carbocycles. The van der Waals surface area contributed by atoms with Crippen molar-refractivity contribution in [2.75, 3.05) is 0 Å². The number of rotatable bonds is 4. The number of benzene rings is 2. The van der Waals surface area contributed by atoms with Gasteiger partial charge in [0.1, 0.15) is 0 Å². The highest BCUT2D eigenvalue weighted by atomic mass is 79.9. The van der Waals surface area contributed by atoms with E-state index in [2.05, 4.69) is 52.4 Å². The molecule has 0 aromatic heterocycles. The number of nitrogens with one attached hydrogen (secondary N) is 1. The first-order chi connectivity index (χ1) is 8.65. The van der Waals surface area contributed by atoms with Crippen LogP contribution in [0.1, 0.15) is 16.7 Å². The van der Waals surface area contributed by atoms with Gasteiger partial charge in [-0.15, -0.1) is 0 Å². The summed E-state index contributed by atoms with van der Waals surface area (Å²) < 4.78 is 1.12. The van der Waals surface area contributed by atoms with Gasteiger partial charge < -0.3 is 5.32 Å². The molecule has 0 aliphatic heterocycles. The summed E-state index contributed by atoms with van der Waals surface area (Å²) in [6.45, 7) is 3.80. The SMILES string of the molecule is Cc1cc(Cl)ccc1CNCc1cccc(Br)c1. The maximum atomic E-state index is 5.94. The summed E-state index contributed by atoms with van der Waals surface area (Å²) in [5.41, 5.74) is 3.79. The second-order valence-electron chi connectivity index (χ2n) is 4.30. The molecule has 0 atom stereocenters. The molecule has 0 fully saturated rings. The first-order valence-electron chi connectivity index (χ1n) is 5.85. The molecule has 0 spiro atoms. The first-order valence-corrected chi connectivity index (χ1v) is 7.02. The topological polar surface area (TPSA) is 12.0 Å². The molecule has 0 radical (unpaired) electrons.